The normalized spacial score (nSPS) is 18.5. The van der Waals surface area contributed by atoms with Gasteiger partial charge in [0.1, 0.15) is 0 Å². The molecule has 1 aromatic heterocycles. The average molecular weight is 237 g/mol. The van der Waals surface area contributed by atoms with Gasteiger partial charge in [-0.25, -0.2) is 4.99 Å². The summed E-state index contributed by atoms with van der Waals surface area (Å²) in [6.07, 6.45) is 3.44. The molecule has 1 saturated carbocycles. The quantitative estimate of drug-likeness (QED) is 0.643. The summed E-state index contributed by atoms with van der Waals surface area (Å²) in [6, 6.07) is 5.16. The Kier molecular flexibility index (Phi) is 3.49. The van der Waals surface area contributed by atoms with Crippen LogP contribution in [-0.4, -0.2) is 30.0 Å². The van der Waals surface area contributed by atoms with Crippen molar-refractivity contribution in [3.05, 3.63) is 22.4 Å². The largest absolute Gasteiger partial charge is 0.370 e. The van der Waals surface area contributed by atoms with E-state index in [1.165, 1.54) is 17.7 Å². The number of hydrogen-bond acceptors (Lipinski definition) is 2. The van der Waals surface area contributed by atoms with Gasteiger partial charge in [-0.15, -0.1) is 11.3 Å². The summed E-state index contributed by atoms with van der Waals surface area (Å²) in [7, 11) is 2.03. The van der Waals surface area contributed by atoms with Crippen molar-refractivity contribution in [2.24, 2.45) is 10.7 Å². The summed E-state index contributed by atoms with van der Waals surface area (Å²) in [5.74, 6) is 0.687. The first-order valence-electron chi connectivity index (χ1n) is 5.75. The van der Waals surface area contributed by atoms with E-state index in [1.54, 1.807) is 11.3 Å². The van der Waals surface area contributed by atoms with E-state index < -0.39 is 0 Å². The zero-order valence-corrected chi connectivity index (χ0v) is 10.7. The van der Waals surface area contributed by atoms with Gasteiger partial charge in [0.25, 0.3) is 0 Å². The van der Waals surface area contributed by atoms with Crippen LogP contribution in [0, 0.1) is 0 Å². The molecule has 3 nitrogen and oxygen atoms in total. The van der Waals surface area contributed by atoms with Crippen LogP contribution in [0.25, 0.3) is 0 Å². The molecule has 0 radical (unpaired) electrons. The Morgan fingerprint density at radius 2 is 2.44 bits per heavy atom. The van der Waals surface area contributed by atoms with Crippen LogP contribution in [0.4, 0.5) is 0 Å². The molecule has 0 spiro atoms. The van der Waals surface area contributed by atoms with Gasteiger partial charge in [-0.2, -0.15) is 0 Å². The Bertz CT molecular complexity index is 354. The fourth-order valence-corrected chi connectivity index (χ4v) is 2.39. The van der Waals surface area contributed by atoms with Crippen molar-refractivity contribution < 1.29 is 0 Å². The van der Waals surface area contributed by atoms with Crippen molar-refractivity contribution in [3.8, 4) is 0 Å². The van der Waals surface area contributed by atoms with Crippen LogP contribution >= 0.6 is 11.3 Å². The topological polar surface area (TPSA) is 41.6 Å². The average Bonchev–Trinajstić information content (AvgIpc) is 2.92. The highest BCUT2D eigenvalue weighted by atomic mass is 32.1. The van der Waals surface area contributed by atoms with Crippen LogP contribution in [0.3, 0.4) is 0 Å². The molecule has 0 saturated heterocycles. The van der Waals surface area contributed by atoms with Crippen LogP contribution in [0.1, 0.15) is 24.6 Å². The van der Waals surface area contributed by atoms with Gasteiger partial charge >= 0.3 is 0 Å². The van der Waals surface area contributed by atoms with Gasteiger partial charge in [0.15, 0.2) is 5.96 Å². The lowest BCUT2D eigenvalue weighted by atomic mass is 10.2. The summed E-state index contributed by atoms with van der Waals surface area (Å²) < 4.78 is 0. The highest BCUT2D eigenvalue weighted by Gasteiger charge is 2.22. The number of rotatable bonds is 4. The smallest absolute Gasteiger partial charge is 0.191 e. The Labute approximate surface area is 101 Å². The fourth-order valence-electron chi connectivity index (χ4n) is 1.56. The van der Waals surface area contributed by atoms with Crippen LogP contribution in [-0.2, 0) is 6.42 Å². The molecule has 1 aliphatic carbocycles. The molecule has 0 aliphatic heterocycles. The van der Waals surface area contributed by atoms with E-state index in [1.807, 2.05) is 7.05 Å². The minimum absolute atomic E-state index is 0.404. The van der Waals surface area contributed by atoms with Gasteiger partial charge in [-0.05, 0) is 31.2 Å². The van der Waals surface area contributed by atoms with Crippen molar-refractivity contribution in [1.82, 2.24) is 4.90 Å². The predicted molar refractivity (Wildman–Crippen MR) is 69.9 cm³/mol. The number of guanidine groups is 1. The second-order valence-corrected chi connectivity index (χ2v) is 5.49. The second-order valence-electron chi connectivity index (χ2n) is 4.46. The second kappa shape index (κ2) is 4.87. The third-order valence-corrected chi connectivity index (χ3v) is 3.86. The maximum atomic E-state index is 5.97. The predicted octanol–water partition coefficient (Wildman–Crippen LogP) is 2.09. The molecule has 1 atom stereocenters. The maximum absolute atomic E-state index is 5.97. The molecule has 2 N–H and O–H groups in total. The molecule has 0 amide bonds. The van der Waals surface area contributed by atoms with E-state index in [2.05, 4.69) is 34.3 Å². The van der Waals surface area contributed by atoms with E-state index in [9.17, 15) is 0 Å². The van der Waals surface area contributed by atoms with Gasteiger partial charge in [0, 0.05) is 24.4 Å². The molecule has 0 aromatic carbocycles. The fraction of sp³-hybridized carbons (Fsp3) is 0.583. The molecule has 0 bridgehead atoms. The molecule has 1 unspecified atom stereocenters. The molecule has 16 heavy (non-hydrogen) atoms. The van der Waals surface area contributed by atoms with Crippen LogP contribution < -0.4 is 5.73 Å². The maximum Gasteiger partial charge on any atom is 0.191 e. The third kappa shape index (κ3) is 2.98. The highest BCUT2D eigenvalue weighted by molar-refractivity contribution is 7.09. The number of nitrogens with two attached hydrogens (primary N) is 1. The van der Waals surface area contributed by atoms with Crippen LogP contribution in [0.2, 0.25) is 0 Å². The Balaban J connectivity index is 1.90. The number of aliphatic imine (C=N–C) groups is 1. The van der Waals surface area contributed by atoms with Gasteiger partial charge in [0.2, 0.25) is 0 Å². The summed E-state index contributed by atoms with van der Waals surface area (Å²) >= 11 is 1.80. The summed E-state index contributed by atoms with van der Waals surface area (Å²) in [4.78, 5) is 7.95. The Hall–Kier alpha value is -1.03. The first-order valence-corrected chi connectivity index (χ1v) is 6.63. The number of hydrogen-bond donors (Lipinski definition) is 1. The third-order valence-electron chi connectivity index (χ3n) is 2.96. The minimum Gasteiger partial charge on any atom is -0.370 e. The lowest BCUT2D eigenvalue weighted by Gasteiger charge is -2.25. The van der Waals surface area contributed by atoms with E-state index in [4.69, 9.17) is 5.73 Å². The molecule has 1 aliphatic rings. The van der Waals surface area contributed by atoms with Crippen molar-refractivity contribution in [2.75, 3.05) is 7.05 Å². The zero-order valence-electron chi connectivity index (χ0n) is 9.89. The molecule has 88 valence electrons. The standard InChI is InChI=1S/C12H19N3S/c1-9(8-11-4-3-7-16-11)15(2)12(13)14-10-5-6-10/h3-4,7,9-10H,5-6,8H2,1-2H3,(H2,13,14). The van der Waals surface area contributed by atoms with Crippen molar-refractivity contribution >= 4 is 17.3 Å². The summed E-state index contributed by atoms with van der Waals surface area (Å²) in [6.45, 7) is 2.19. The van der Waals surface area contributed by atoms with Gasteiger partial charge in [-0.1, -0.05) is 6.07 Å². The van der Waals surface area contributed by atoms with Crippen LogP contribution in [0.15, 0.2) is 22.5 Å². The van der Waals surface area contributed by atoms with Crippen molar-refractivity contribution in [1.29, 1.82) is 0 Å². The molecule has 4 heteroatoms. The van der Waals surface area contributed by atoms with Gasteiger partial charge < -0.3 is 10.6 Å². The van der Waals surface area contributed by atoms with E-state index in [0.29, 0.717) is 18.0 Å². The molecular weight excluding hydrogens is 218 g/mol. The van der Waals surface area contributed by atoms with E-state index in [0.717, 1.165) is 6.42 Å². The first kappa shape index (κ1) is 11.5. The molecule has 1 aromatic rings. The molecular formula is C12H19N3S. The first-order chi connectivity index (χ1) is 7.66. The number of likely N-dealkylation sites (N-methyl/N-ethyl adjacent to an activating group) is 1. The number of thiophene rings is 1. The summed E-state index contributed by atoms with van der Waals surface area (Å²) in [5.41, 5.74) is 5.97. The SMILES string of the molecule is CC(Cc1cccs1)N(C)C(N)=NC1CC1. The minimum atomic E-state index is 0.404. The van der Waals surface area contributed by atoms with E-state index >= 15 is 0 Å². The lowest BCUT2D eigenvalue weighted by molar-refractivity contribution is 0.384. The lowest BCUT2D eigenvalue weighted by Crippen LogP contribution is -2.41. The zero-order chi connectivity index (χ0) is 11.5. The highest BCUT2D eigenvalue weighted by Crippen LogP contribution is 2.23. The monoisotopic (exact) mass is 237 g/mol. The van der Waals surface area contributed by atoms with Crippen LogP contribution in [0.5, 0.6) is 0 Å². The van der Waals surface area contributed by atoms with Crippen molar-refractivity contribution in [3.63, 3.8) is 0 Å². The van der Waals surface area contributed by atoms with E-state index in [-0.39, 0.29) is 0 Å². The van der Waals surface area contributed by atoms with Gasteiger partial charge in [0.05, 0.1) is 6.04 Å². The van der Waals surface area contributed by atoms with Gasteiger partial charge in [-0.3, -0.25) is 0 Å². The Morgan fingerprint density at radius 1 is 1.69 bits per heavy atom. The Morgan fingerprint density at radius 3 is 3.00 bits per heavy atom. The number of nitrogens with zero attached hydrogens (tertiary/aromatic N) is 2. The molecule has 1 fully saturated rings. The summed E-state index contributed by atoms with van der Waals surface area (Å²) in [5, 5.41) is 2.11. The molecule has 2 rings (SSSR count). The molecule has 1 heterocycles. The van der Waals surface area contributed by atoms with Crippen molar-refractivity contribution in [2.45, 2.75) is 38.3 Å².